The average Bonchev–Trinajstić information content (AvgIpc) is 3.19. The van der Waals surface area contributed by atoms with Crippen molar-refractivity contribution in [1.82, 2.24) is 14.3 Å². The van der Waals surface area contributed by atoms with E-state index in [0.29, 0.717) is 22.6 Å². The minimum atomic E-state index is -4.00. The molecule has 6 nitrogen and oxygen atoms in total. The maximum Gasteiger partial charge on any atom is 0.265 e. The predicted octanol–water partition coefficient (Wildman–Crippen LogP) is 6.14. The summed E-state index contributed by atoms with van der Waals surface area (Å²) in [4.78, 5) is 17.5. The Morgan fingerprint density at radius 2 is 1.62 bits per heavy atom. The van der Waals surface area contributed by atoms with Crippen LogP contribution in [0.4, 0.5) is 0 Å². The van der Waals surface area contributed by atoms with Crippen LogP contribution in [0.2, 0.25) is 5.02 Å². The molecule has 5 aromatic rings. The molecule has 0 spiro atoms. The summed E-state index contributed by atoms with van der Waals surface area (Å²) in [6, 6.07) is 27.2. The number of carbonyl (C=O) groups is 1. The molecule has 0 radical (unpaired) electrons. The van der Waals surface area contributed by atoms with Crippen LogP contribution in [0, 0.1) is 13.8 Å². The summed E-state index contributed by atoms with van der Waals surface area (Å²) in [6.45, 7) is 4.19. The Morgan fingerprint density at radius 1 is 0.892 bits per heavy atom. The molecule has 1 amide bonds. The number of benzene rings is 4. The van der Waals surface area contributed by atoms with E-state index in [4.69, 9.17) is 11.6 Å². The largest absolute Gasteiger partial charge is 0.324 e. The van der Waals surface area contributed by atoms with Crippen LogP contribution in [-0.2, 0) is 16.6 Å². The summed E-state index contributed by atoms with van der Waals surface area (Å²) in [6.07, 6.45) is 0. The molecule has 186 valence electrons. The van der Waals surface area contributed by atoms with E-state index in [2.05, 4.69) is 9.71 Å². The highest BCUT2D eigenvalue weighted by Crippen LogP contribution is 2.28. The fourth-order valence-corrected chi connectivity index (χ4v) is 5.41. The minimum absolute atomic E-state index is 0.0296. The van der Waals surface area contributed by atoms with Crippen LogP contribution in [0.5, 0.6) is 0 Å². The molecule has 0 aliphatic heterocycles. The van der Waals surface area contributed by atoms with Crippen molar-refractivity contribution in [2.24, 2.45) is 0 Å². The summed E-state index contributed by atoms with van der Waals surface area (Å²) in [7, 11) is -4.00. The van der Waals surface area contributed by atoms with Crippen LogP contribution in [0.15, 0.2) is 95.9 Å². The number of amides is 1. The van der Waals surface area contributed by atoms with Crippen molar-refractivity contribution in [3.8, 4) is 11.1 Å². The first-order valence-corrected chi connectivity index (χ1v) is 13.5. The van der Waals surface area contributed by atoms with Crippen LogP contribution < -0.4 is 4.72 Å². The van der Waals surface area contributed by atoms with Gasteiger partial charge < -0.3 is 4.57 Å². The molecule has 0 atom stereocenters. The van der Waals surface area contributed by atoms with Crippen LogP contribution >= 0.6 is 11.6 Å². The van der Waals surface area contributed by atoms with Crippen molar-refractivity contribution < 1.29 is 13.2 Å². The van der Waals surface area contributed by atoms with E-state index in [1.807, 2.05) is 66.9 Å². The van der Waals surface area contributed by atoms with Crippen LogP contribution in [0.1, 0.15) is 27.3 Å². The van der Waals surface area contributed by atoms with E-state index in [1.165, 1.54) is 12.1 Å². The highest BCUT2D eigenvalue weighted by molar-refractivity contribution is 7.90. The highest BCUT2D eigenvalue weighted by Gasteiger charge is 2.20. The molecule has 0 saturated heterocycles. The summed E-state index contributed by atoms with van der Waals surface area (Å²) in [5.74, 6) is 0.0427. The topological polar surface area (TPSA) is 81.1 Å². The van der Waals surface area contributed by atoms with Gasteiger partial charge in [0.25, 0.3) is 15.9 Å². The summed E-state index contributed by atoms with van der Waals surface area (Å²) >= 11 is 6.66. The van der Waals surface area contributed by atoms with E-state index in [9.17, 15) is 13.2 Å². The van der Waals surface area contributed by atoms with Gasteiger partial charge in [-0.15, -0.1) is 0 Å². The van der Waals surface area contributed by atoms with Gasteiger partial charge in [0.15, 0.2) is 0 Å². The first-order chi connectivity index (χ1) is 17.7. The third-order valence-corrected chi connectivity index (χ3v) is 7.95. The van der Waals surface area contributed by atoms with Crippen molar-refractivity contribution in [3.05, 3.63) is 119 Å². The second-order valence-corrected chi connectivity index (χ2v) is 11.0. The summed E-state index contributed by atoms with van der Waals surface area (Å²) in [5.41, 5.74) is 5.56. The molecule has 1 N–H and O–H groups in total. The van der Waals surface area contributed by atoms with Gasteiger partial charge in [-0.05, 0) is 66.9 Å². The Kier molecular flexibility index (Phi) is 6.58. The smallest absolute Gasteiger partial charge is 0.265 e. The number of aromatic nitrogens is 2. The first kappa shape index (κ1) is 24.7. The summed E-state index contributed by atoms with van der Waals surface area (Å²) < 4.78 is 29.5. The van der Waals surface area contributed by atoms with Gasteiger partial charge in [0.2, 0.25) is 0 Å². The minimum Gasteiger partial charge on any atom is -0.324 e. The zero-order valence-electron chi connectivity index (χ0n) is 20.3. The fourth-order valence-electron chi connectivity index (χ4n) is 4.20. The highest BCUT2D eigenvalue weighted by atomic mass is 35.5. The number of hydrogen-bond acceptors (Lipinski definition) is 4. The van der Waals surface area contributed by atoms with Crippen molar-refractivity contribution in [2.75, 3.05) is 0 Å². The van der Waals surface area contributed by atoms with Crippen molar-refractivity contribution in [1.29, 1.82) is 0 Å². The molecule has 5 rings (SSSR count). The number of imidazole rings is 1. The van der Waals surface area contributed by atoms with Gasteiger partial charge in [-0.1, -0.05) is 71.8 Å². The average molecular weight is 530 g/mol. The molecule has 1 aromatic heterocycles. The molecule has 37 heavy (non-hydrogen) atoms. The lowest BCUT2D eigenvalue weighted by Crippen LogP contribution is -2.30. The monoisotopic (exact) mass is 529 g/mol. The van der Waals surface area contributed by atoms with Gasteiger partial charge in [-0.3, -0.25) is 4.79 Å². The number of nitrogens with zero attached hydrogens (tertiary/aromatic N) is 2. The van der Waals surface area contributed by atoms with E-state index in [0.717, 1.165) is 28.1 Å². The third-order valence-electron chi connectivity index (χ3n) is 6.25. The summed E-state index contributed by atoms with van der Waals surface area (Å²) in [5, 5.41) is 0.626. The molecular weight excluding hydrogens is 506 g/mol. The maximum atomic E-state index is 12.9. The van der Waals surface area contributed by atoms with Gasteiger partial charge in [-0.25, -0.2) is 18.1 Å². The number of carbonyl (C=O) groups excluding carboxylic acids is 1. The number of sulfonamides is 1. The van der Waals surface area contributed by atoms with E-state index in [1.54, 1.807) is 30.3 Å². The predicted molar refractivity (Wildman–Crippen MR) is 146 cm³/mol. The Morgan fingerprint density at radius 3 is 2.32 bits per heavy atom. The van der Waals surface area contributed by atoms with Crippen molar-refractivity contribution >= 4 is 38.6 Å². The number of hydrogen-bond donors (Lipinski definition) is 1. The fraction of sp³-hybridized carbons (Fsp3) is 0.103. The molecule has 4 aromatic carbocycles. The molecule has 8 heteroatoms. The molecule has 0 fully saturated rings. The molecule has 1 heterocycles. The van der Waals surface area contributed by atoms with Crippen LogP contribution in [-0.4, -0.2) is 23.9 Å². The third kappa shape index (κ3) is 5.14. The Bertz CT molecular complexity index is 1730. The van der Waals surface area contributed by atoms with Gasteiger partial charge >= 0.3 is 0 Å². The molecule has 0 unspecified atom stereocenters. The number of nitrogens with one attached hydrogen (secondary N) is 1. The van der Waals surface area contributed by atoms with E-state index < -0.39 is 15.9 Å². The maximum absolute atomic E-state index is 12.9. The van der Waals surface area contributed by atoms with E-state index in [-0.39, 0.29) is 10.5 Å². The SMILES string of the molecule is Cc1ccc(S(=O)(=O)NC(=O)c2ccc3nc(C)n(Cc4ccc(-c5ccccc5)cc4Cl)c3c2)cc1. The molecule has 0 aliphatic carbocycles. The lowest BCUT2D eigenvalue weighted by atomic mass is 10.0. The Hall–Kier alpha value is -3.94. The number of fused-ring (bicyclic) bond motifs is 1. The number of aryl methyl sites for hydroxylation is 2. The second kappa shape index (κ2) is 9.84. The quantitative estimate of drug-likeness (QED) is 0.286. The first-order valence-electron chi connectivity index (χ1n) is 11.7. The van der Waals surface area contributed by atoms with E-state index >= 15 is 0 Å². The lowest BCUT2D eigenvalue weighted by molar-refractivity contribution is 0.0981. The molecule has 0 aliphatic rings. The zero-order chi connectivity index (χ0) is 26.2. The van der Waals surface area contributed by atoms with Gasteiger partial charge in [0.1, 0.15) is 5.82 Å². The number of rotatable bonds is 6. The lowest BCUT2D eigenvalue weighted by Gasteiger charge is -2.12. The Balaban J connectivity index is 1.43. The van der Waals surface area contributed by atoms with Gasteiger partial charge in [0.05, 0.1) is 22.5 Å². The molecule has 0 bridgehead atoms. The van der Waals surface area contributed by atoms with Crippen molar-refractivity contribution in [2.45, 2.75) is 25.3 Å². The zero-order valence-corrected chi connectivity index (χ0v) is 21.8. The van der Waals surface area contributed by atoms with Crippen molar-refractivity contribution in [3.63, 3.8) is 0 Å². The molecule has 0 saturated carbocycles. The second-order valence-electron chi connectivity index (χ2n) is 8.87. The van der Waals surface area contributed by atoms with Crippen LogP contribution in [0.3, 0.4) is 0 Å². The Labute approximate surface area is 220 Å². The van der Waals surface area contributed by atoms with Crippen LogP contribution in [0.25, 0.3) is 22.2 Å². The normalized spacial score (nSPS) is 11.5. The van der Waals surface area contributed by atoms with Gasteiger partial charge in [0, 0.05) is 10.6 Å². The standard InChI is InChI=1S/C29H24ClN3O3S/c1-19-8-13-25(14-9-19)37(35,36)32-29(34)23-12-15-27-28(17-23)33(20(2)31-27)18-24-11-10-22(16-26(24)30)21-6-4-3-5-7-21/h3-17H,18H2,1-2H3,(H,32,34). The number of halogens is 1. The molecular formula is C29H24ClN3O3S. The van der Waals surface area contributed by atoms with Gasteiger partial charge in [-0.2, -0.15) is 0 Å².